The molecule has 0 spiro atoms. The summed E-state index contributed by atoms with van der Waals surface area (Å²) in [6.07, 6.45) is 13.6. The third kappa shape index (κ3) is 3.78. The third-order valence-corrected chi connectivity index (χ3v) is 7.14. The number of carbonyl (C=O) groups is 1. The summed E-state index contributed by atoms with van der Waals surface area (Å²) in [7, 11) is 0. The Labute approximate surface area is 191 Å². The molecule has 5 rings (SSSR count). The molecule has 6 nitrogen and oxygen atoms in total. The predicted molar refractivity (Wildman–Crippen MR) is 123 cm³/mol. The molecule has 4 aliphatic rings. The Kier molecular flexibility index (Phi) is 5.22. The Morgan fingerprint density at radius 1 is 1.34 bits per heavy atom. The number of rotatable bonds is 5. The molecule has 166 valence electrons. The van der Waals surface area contributed by atoms with Crippen molar-refractivity contribution in [1.29, 1.82) is 0 Å². The number of nitrogens with one attached hydrogen (secondary N) is 1. The number of aliphatic hydroxyl groups excluding tert-OH is 1. The van der Waals surface area contributed by atoms with Crippen LogP contribution in [0.1, 0.15) is 35.2 Å². The van der Waals surface area contributed by atoms with E-state index in [0.717, 1.165) is 24.8 Å². The molecule has 7 heteroatoms. The Morgan fingerprint density at radius 2 is 2.16 bits per heavy atom. The summed E-state index contributed by atoms with van der Waals surface area (Å²) in [5.41, 5.74) is 3.15. The highest BCUT2D eigenvalue weighted by atomic mass is 35.5. The number of allylic oxidation sites excluding steroid dienone is 5. The Balaban J connectivity index is 1.28. The van der Waals surface area contributed by atoms with E-state index in [1.807, 2.05) is 6.08 Å². The maximum atomic E-state index is 11.4. The van der Waals surface area contributed by atoms with Crippen LogP contribution in [0, 0.1) is 18.3 Å². The lowest BCUT2D eigenvalue weighted by atomic mass is 9.82. The number of carboxylic acids is 1. The number of hydrogen-bond donors (Lipinski definition) is 3. The summed E-state index contributed by atoms with van der Waals surface area (Å²) in [6, 6.07) is 5.05. The maximum Gasteiger partial charge on any atom is 0.336 e. The minimum absolute atomic E-state index is 0.0171. The molecule has 1 heterocycles. The first-order valence-electron chi connectivity index (χ1n) is 10.8. The van der Waals surface area contributed by atoms with Crippen LogP contribution in [0.3, 0.4) is 0 Å². The topological polar surface area (TPSA) is 91.2 Å². The van der Waals surface area contributed by atoms with Gasteiger partial charge >= 0.3 is 5.97 Å². The predicted octanol–water partition coefficient (Wildman–Crippen LogP) is 4.11. The van der Waals surface area contributed by atoms with Crippen LogP contribution in [0.15, 0.2) is 69.8 Å². The highest BCUT2D eigenvalue weighted by Crippen LogP contribution is 2.53. The second-order valence-corrected chi connectivity index (χ2v) is 9.32. The second-order valence-electron chi connectivity index (χ2n) is 8.91. The summed E-state index contributed by atoms with van der Waals surface area (Å²) < 4.78 is 5.83. The van der Waals surface area contributed by atoms with Crippen molar-refractivity contribution in [2.75, 3.05) is 6.61 Å². The van der Waals surface area contributed by atoms with E-state index in [-0.39, 0.29) is 35.6 Å². The van der Waals surface area contributed by atoms with Crippen molar-refractivity contribution in [3.8, 4) is 5.75 Å². The first-order valence-corrected chi connectivity index (χ1v) is 11.2. The van der Waals surface area contributed by atoms with E-state index >= 15 is 0 Å². The summed E-state index contributed by atoms with van der Waals surface area (Å²) in [5, 5.41) is 23.0. The third-order valence-electron chi connectivity index (χ3n) is 6.80. The van der Waals surface area contributed by atoms with Gasteiger partial charge in [-0.25, -0.2) is 9.79 Å². The number of nitrogens with zero attached hydrogens (tertiary/aromatic N) is 1. The summed E-state index contributed by atoms with van der Waals surface area (Å²) in [5.74, 6) is -0.391. The van der Waals surface area contributed by atoms with Gasteiger partial charge in [-0.1, -0.05) is 42.0 Å². The molecule has 1 aliphatic heterocycles. The fraction of sp³-hybridized carbons (Fsp3) is 0.360. The van der Waals surface area contributed by atoms with Crippen LogP contribution in [-0.4, -0.2) is 40.9 Å². The van der Waals surface area contributed by atoms with Gasteiger partial charge in [-0.3, -0.25) is 0 Å². The van der Waals surface area contributed by atoms with Crippen molar-refractivity contribution in [1.82, 2.24) is 5.32 Å². The molecule has 0 aromatic heterocycles. The first kappa shape index (κ1) is 21.0. The number of amidine groups is 1. The lowest BCUT2D eigenvalue weighted by Gasteiger charge is -2.27. The molecular formula is C25H25ClN2O4. The number of aliphatic imine (C=N–C) groups is 1. The number of aliphatic hydroxyl groups is 1. The molecule has 0 saturated heterocycles. The van der Waals surface area contributed by atoms with Crippen LogP contribution >= 0.6 is 11.6 Å². The minimum atomic E-state index is -0.991. The summed E-state index contributed by atoms with van der Waals surface area (Å²) in [6.45, 7) is 1.96. The molecule has 0 amide bonds. The van der Waals surface area contributed by atoms with E-state index < -0.39 is 5.97 Å². The molecule has 1 aromatic carbocycles. The molecule has 1 saturated carbocycles. The largest absolute Gasteiger partial charge is 0.478 e. The van der Waals surface area contributed by atoms with Crippen LogP contribution in [0.4, 0.5) is 0 Å². The lowest BCUT2D eigenvalue weighted by molar-refractivity contribution is 0.0695. The number of carboxylic acid groups (broad SMARTS) is 1. The van der Waals surface area contributed by atoms with Crippen molar-refractivity contribution in [2.24, 2.45) is 16.3 Å². The standard InChI is InChI=1S/C25H25ClN2O4/c1-14-2-7-17(10-18(14)23(30)31)32-24-27-21-11-19(20(26)12-22(21)28-24)15-3-5-16(6-4-15)25(13-29)8-9-25/h2-3,5-7,10-12,15,21-22,29H,4,8-9,13H2,1H3,(H,27,28)(H,30,31). The molecule has 1 fully saturated rings. The van der Waals surface area contributed by atoms with Crippen LogP contribution in [0.25, 0.3) is 0 Å². The fourth-order valence-electron chi connectivity index (χ4n) is 4.58. The Morgan fingerprint density at radius 3 is 2.81 bits per heavy atom. The Bertz CT molecular complexity index is 1130. The molecule has 0 bridgehead atoms. The Hall–Kier alpha value is -2.83. The van der Waals surface area contributed by atoms with Gasteiger partial charge < -0.3 is 20.3 Å². The highest BCUT2D eigenvalue weighted by molar-refractivity contribution is 6.32. The van der Waals surface area contributed by atoms with E-state index in [1.54, 1.807) is 19.1 Å². The zero-order valence-electron chi connectivity index (χ0n) is 17.7. The zero-order valence-corrected chi connectivity index (χ0v) is 18.5. The summed E-state index contributed by atoms with van der Waals surface area (Å²) in [4.78, 5) is 15.9. The van der Waals surface area contributed by atoms with Gasteiger partial charge in [-0.05, 0) is 61.1 Å². The van der Waals surface area contributed by atoms with Crippen molar-refractivity contribution in [3.05, 3.63) is 75.9 Å². The van der Waals surface area contributed by atoms with Crippen LogP contribution in [0.2, 0.25) is 0 Å². The van der Waals surface area contributed by atoms with E-state index in [9.17, 15) is 15.0 Å². The average Bonchev–Trinajstić information content (AvgIpc) is 3.49. The van der Waals surface area contributed by atoms with Gasteiger partial charge in [0.1, 0.15) is 5.75 Å². The van der Waals surface area contributed by atoms with E-state index in [4.69, 9.17) is 16.3 Å². The average molecular weight is 453 g/mol. The van der Waals surface area contributed by atoms with E-state index in [2.05, 4.69) is 34.6 Å². The molecule has 32 heavy (non-hydrogen) atoms. The van der Waals surface area contributed by atoms with Crippen molar-refractivity contribution >= 4 is 23.6 Å². The fourth-order valence-corrected chi connectivity index (χ4v) is 4.91. The molecule has 3 aliphatic carbocycles. The van der Waals surface area contributed by atoms with Gasteiger partial charge in [0, 0.05) is 16.4 Å². The summed E-state index contributed by atoms with van der Waals surface area (Å²) >= 11 is 6.62. The number of aryl methyl sites for hydroxylation is 1. The molecule has 3 unspecified atom stereocenters. The van der Waals surface area contributed by atoms with Crippen molar-refractivity contribution < 1.29 is 19.7 Å². The molecular weight excluding hydrogens is 428 g/mol. The number of aromatic carboxylic acids is 1. The van der Waals surface area contributed by atoms with Crippen LogP contribution in [-0.2, 0) is 0 Å². The second kappa shape index (κ2) is 7.94. The number of benzene rings is 1. The zero-order chi connectivity index (χ0) is 22.5. The SMILES string of the molecule is Cc1ccc(OC2=NC3C=C(Cl)C(C4C=CC(C5(CO)CC5)=CC4)=CC3N2)cc1C(=O)O. The first-order chi connectivity index (χ1) is 15.4. The normalized spacial score (nSPS) is 27.4. The minimum Gasteiger partial charge on any atom is -0.478 e. The van der Waals surface area contributed by atoms with Crippen molar-refractivity contribution in [2.45, 2.75) is 38.3 Å². The van der Waals surface area contributed by atoms with E-state index in [1.165, 1.54) is 11.6 Å². The van der Waals surface area contributed by atoms with Gasteiger partial charge in [-0.2, -0.15) is 0 Å². The molecule has 3 N–H and O–H groups in total. The smallest absolute Gasteiger partial charge is 0.336 e. The van der Waals surface area contributed by atoms with Crippen LogP contribution < -0.4 is 10.1 Å². The quantitative estimate of drug-likeness (QED) is 0.625. The number of hydrogen-bond acceptors (Lipinski definition) is 5. The van der Waals surface area contributed by atoms with Gasteiger partial charge in [0.05, 0.1) is 24.3 Å². The molecule has 3 atom stereocenters. The highest BCUT2D eigenvalue weighted by Gasteiger charge is 2.45. The lowest BCUT2D eigenvalue weighted by Crippen LogP contribution is -2.36. The molecule has 1 aromatic rings. The van der Waals surface area contributed by atoms with E-state index in [0.29, 0.717) is 22.4 Å². The maximum absolute atomic E-state index is 11.4. The molecule has 0 radical (unpaired) electrons. The number of halogens is 1. The monoisotopic (exact) mass is 452 g/mol. The number of fused-ring (bicyclic) bond motifs is 1. The van der Waals surface area contributed by atoms with Gasteiger partial charge in [-0.15, -0.1) is 0 Å². The number of ether oxygens (including phenoxy) is 1. The van der Waals surface area contributed by atoms with Gasteiger partial charge in [0.25, 0.3) is 6.02 Å². The van der Waals surface area contributed by atoms with Crippen molar-refractivity contribution in [3.63, 3.8) is 0 Å². The van der Waals surface area contributed by atoms with Crippen LogP contribution in [0.5, 0.6) is 5.75 Å². The van der Waals surface area contributed by atoms with Gasteiger partial charge in [0.15, 0.2) is 0 Å². The van der Waals surface area contributed by atoms with Gasteiger partial charge in [0.2, 0.25) is 0 Å².